The van der Waals surface area contributed by atoms with Crippen LogP contribution in [0.5, 0.6) is 0 Å². The van der Waals surface area contributed by atoms with E-state index < -0.39 is 0 Å². The molecule has 0 atom stereocenters. The Hall–Kier alpha value is -0.900. The van der Waals surface area contributed by atoms with Crippen LogP contribution in [0.25, 0.3) is 0 Å². The molecule has 0 aliphatic carbocycles. The zero-order chi connectivity index (χ0) is 8.27. The maximum absolute atomic E-state index is 10.1. The largest absolute Gasteiger partial charge is 0.264 e. The number of hydrogen-bond donors (Lipinski definition) is 0. The van der Waals surface area contributed by atoms with Gasteiger partial charge >= 0.3 is 0 Å². The van der Waals surface area contributed by atoms with Gasteiger partial charge in [0.15, 0.2) is 0 Å². The molecular formula is C7H9NO2S. The Labute approximate surface area is 68.8 Å². The van der Waals surface area contributed by atoms with E-state index in [1.165, 1.54) is 11.3 Å². The van der Waals surface area contributed by atoms with Gasteiger partial charge in [0.1, 0.15) is 0 Å². The van der Waals surface area contributed by atoms with Gasteiger partial charge in [-0.15, -0.1) is 11.3 Å². The molecule has 0 unspecified atom stereocenters. The number of rotatable bonds is 3. The number of hydrogen-bond acceptors (Lipinski definition) is 3. The quantitative estimate of drug-likeness (QED) is 0.516. The van der Waals surface area contributed by atoms with Crippen molar-refractivity contribution in [2.24, 2.45) is 0 Å². The number of nitrogens with zero attached hydrogens (tertiary/aromatic N) is 1. The summed E-state index contributed by atoms with van der Waals surface area (Å²) >= 11 is 1.46. The van der Waals surface area contributed by atoms with Gasteiger partial charge in [0, 0.05) is 4.92 Å². The van der Waals surface area contributed by atoms with Crippen molar-refractivity contribution in [1.29, 1.82) is 0 Å². The van der Waals surface area contributed by atoms with Gasteiger partial charge in [-0.2, -0.15) is 0 Å². The molecule has 0 radical (unpaired) electrons. The summed E-state index contributed by atoms with van der Waals surface area (Å²) in [6.07, 6.45) is 0.882. The molecule has 1 heterocycles. The molecule has 0 fully saturated rings. The van der Waals surface area contributed by atoms with E-state index in [4.69, 9.17) is 0 Å². The highest BCUT2D eigenvalue weighted by atomic mass is 32.1. The summed E-state index contributed by atoms with van der Waals surface area (Å²) in [5, 5.41) is 12.0. The molecule has 0 saturated carbocycles. The molecule has 0 aliphatic rings. The Bertz CT molecular complexity index is 257. The van der Waals surface area contributed by atoms with Gasteiger partial charge in [-0.25, -0.2) is 0 Å². The predicted molar refractivity (Wildman–Crippen MR) is 44.4 cm³/mol. The summed E-state index contributed by atoms with van der Waals surface area (Å²) in [7, 11) is 0. The van der Waals surface area contributed by atoms with Gasteiger partial charge in [-0.1, -0.05) is 6.92 Å². The van der Waals surface area contributed by atoms with E-state index in [-0.39, 0.29) is 11.5 Å². The molecule has 1 rings (SSSR count). The van der Waals surface area contributed by atoms with Crippen LogP contribution in [0, 0.1) is 10.1 Å². The fraction of sp³-hybridized carbons (Fsp3) is 0.429. The fourth-order valence-electron chi connectivity index (χ4n) is 0.938. The lowest BCUT2D eigenvalue weighted by atomic mass is 10.2. The van der Waals surface area contributed by atoms with Crippen molar-refractivity contribution >= 4 is 11.3 Å². The molecule has 0 amide bonds. The lowest BCUT2D eigenvalue weighted by Gasteiger charge is -1.93. The van der Waals surface area contributed by atoms with Gasteiger partial charge in [0.25, 0.3) is 0 Å². The zero-order valence-corrected chi connectivity index (χ0v) is 7.06. The Morgan fingerprint density at radius 1 is 1.73 bits per heavy atom. The second-order valence-electron chi connectivity index (χ2n) is 2.21. The third-order valence-corrected chi connectivity index (χ3v) is 2.44. The molecule has 0 N–H and O–H groups in total. The Kier molecular flexibility index (Phi) is 2.59. The minimum Gasteiger partial charge on any atom is -0.264 e. The summed E-state index contributed by atoms with van der Waals surface area (Å²) in [5.74, 6) is 0. The van der Waals surface area contributed by atoms with Crippen molar-refractivity contribution in [3.63, 3.8) is 0 Å². The fourth-order valence-corrected chi connectivity index (χ4v) is 1.88. The van der Waals surface area contributed by atoms with Crippen molar-refractivity contribution in [3.05, 3.63) is 32.0 Å². The first-order chi connectivity index (χ1) is 5.24. The second kappa shape index (κ2) is 3.48. The Morgan fingerprint density at radius 2 is 2.45 bits per heavy atom. The molecule has 0 aromatic carbocycles. The van der Waals surface area contributed by atoms with Crippen LogP contribution in [-0.4, -0.2) is 4.92 Å². The standard InChI is InChI=1S/C7H9NO2S/c1-2-6-3-4-11-7(6)5-8(9)10/h3-4H,2,5H2,1H3. The Balaban J connectivity index is 2.76. The van der Waals surface area contributed by atoms with E-state index in [2.05, 4.69) is 0 Å². The highest BCUT2D eigenvalue weighted by Gasteiger charge is 2.07. The number of aryl methyl sites for hydroxylation is 1. The highest BCUT2D eigenvalue weighted by molar-refractivity contribution is 7.10. The molecule has 0 aliphatic heterocycles. The minimum atomic E-state index is -0.287. The molecule has 1 aromatic heterocycles. The SMILES string of the molecule is CCc1ccsc1C[N+](=O)[O-]. The lowest BCUT2D eigenvalue weighted by Crippen LogP contribution is -1.97. The molecule has 11 heavy (non-hydrogen) atoms. The topological polar surface area (TPSA) is 43.1 Å². The summed E-state index contributed by atoms with van der Waals surface area (Å²) in [6, 6.07) is 1.95. The van der Waals surface area contributed by atoms with Crippen molar-refractivity contribution in [3.8, 4) is 0 Å². The molecule has 0 saturated heterocycles. The monoisotopic (exact) mass is 171 g/mol. The normalized spacial score (nSPS) is 9.91. The average molecular weight is 171 g/mol. The molecule has 0 spiro atoms. The van der Waals surface area contributed by atoms with Gasteiger partial charge < -0.3 is 0 Å². The maximum atomic E-state index is 10.1. The third-order valence-electron chi connectivity index (χ3n) is 1.49. The lowest BCUT2D eigenvalue weighted by molar-refractivity contribution is -0.496. The van der Waals surface area contributed by atoms with Crippen LogP contribution < -0.4 is 0 Å². The molecule has 60 valence electrons. The van der Waals surface area contributed by atoms with E-state index in [1.807, 2.05) is 18.4 Å². The molecule has 0 bridgehead atoms. The first-order valence-electron chi connectivity index (χ1n) is 3.41. The van der Waals surface area contributed by atoms with E-state index in [9.17, 15) is 10.1 Å². The average Bonchev–Trinajstić information content (AvgIpc) is 2.34. The van der Waals surface area contributed by atoms with Crippen molar-refractivity contribution < 1.29 is 4.92 Å². The summed E-state index contributed by atoms with van der Waals surface area (Å²) in [6.45, 7) is 1.98. The predicted octanol–water partition coefficient (Wildman–Crippen LogP) is 2.09. The van der Waals surface area contributed by atoms with Crippen molar-refractivity contribution in [1.82, 2.24) is 0 Å². The molecule has 1 aromatic rings. The maximum Gasteiger partial charge on any atom is 0.238 e. The number of nitro groups is 1. The number of thiophene rings is 1. The summed E-state index contributed by atoms with van der Waals surface area (Å²) in [4.78, 5) is 10.7. The highest BCUT2D eigenvalue weighted by Crippen LogP contribution is 2.17. The second-order valence-corrected chi connectivity index (χ2v) is 3.21. The summed E-state index contributed by atoms with van der Waals surface area (Å²) < 4.78 is 0. The molecule has 3 nitrogen and oxygen atoms in total. The van der Waals surface area contributed by atoms with E-state index in [0.29, 0.717) is 0 Å². The zero-order valence-electron chi connectivity index (χ0n) is 6.24. The van der Waals surface area contributed by atoms with E-state index in [0.717, 1.165) is 16.9 Å². The van der Waals surface area contributed by atoms with Crippen molar-refractivity contribution in [2.75, 3.05) is 0 Å². The van der Waals surface area contributed by atoms with Crippen LogP contribution in [-0.2, 0) is 13.0 Å². The van der Waals surface area contributed by atoms with Gasteiger partial charge in [0.2, 0.25) is 6.54 Å². The van der Waals surface area contributed by atoms with Gasteiger partial charge in [-0.3, -0.25) is 10.1 Å². The van der Waals surface area contributed by atoms with Crippen LogP contribution in [0.4, 0.5) is 0 Å². The Morgan fingerprint density at radius 3 is 3.00 bits per heavy atom. The molecular weight excluding hydrogens is 162 g/mol. The van der Waals surface area contributed by atoms with Gasteiger partial charge in [0.05, 0.1) is 4.88 Å². The van der Waals surface area contributed by atoms with Crippen LogP contribution in [0.15, 0.2) is 11.4 Å². The van der Waals surface area contributed by atoms with Crippen LogP contribution in [0.2, 0.25) is 0 Å². The van der Waals surface area contributed by atoms with Crippen LogP contribution >= 0.6 is 11.3 Å². The van der Waals surface area contributed by atoms with E-state index >= 15 is 0 Å². The minimum absolute atomic E-state index is 0.0269. The van der Waals surface area contributed by atoms with Crippen LogP contribution in [0.1, 0.15) is 17.4 Å². The first-order valence-corrected chi connectivity index (χ1v) is 4.29. The van der Waals surface area contributed by atoms with Crippen LogP contribution in [0.3, 0.4) is 0 Å². The smallest absolute Gasteiger partial charge is 0.238 e. The third kappa shape index (κ3) is 2.01. The van der Waals surface area contributed by atoms with Gasteiger partial charge in [-0.05, 0) is 23.4 Å². The summed E-state index contributed by atoms with van der Waals surface area (Å²) in [5.41, 5.74) is 1.10. The van der Waals surface area contributed by atoms with Crippen molar-refractivity contribution in [2.45, 2.75) is 19.9 Å². The van der Waals surface area contributed by atoms with E-state index in [1.54, 1.807) is 0 Å². The molecule has 4 heteroatoms. The first kappa shape index (κ1) is 8.20.